The standard InChI is InChI=1S/C18H39N.CH4N2O/c1-2-3-4-5-6-7-8-9-10-11-12-13-14-15-16-17-18-19;2-1(3)4/h2-19H2,1H3;(H4,2,3,4). The van der Waals surface area contributed by atoms with Gasteiger partial charge in [0.1, 0.15) is 0 Å². The van der Waals surface area contributed by atoms with Crippen molar-refractivity contribution in [1.82, 2.24) is 0 Å². The number of rotatable bonds is 16. The molecule has 0 bridgehead atoms. The lowest BCUT2D eigenvalue weighted by molar-refractivity contribution is 0.256. The van der Waals surface area contributed by atoms with Crippen molar-refractivity contribution in [2.24, 2.45) is 17.2 Å². The Kier molecular flexibility index (Phi) is 25.0. The van der Waals surface area contributed by atoms with Crippen LogP contribution < -0.4 is 17.2 Å². The Labute approximate surface area is 144 Å². The Morgan fingerprint density at radius 3 is 1.00 bits per heavy atom. The average Bonchev–Trinajstić information content (AvgIpc) is 2.50. The number of amides is 2. The molecule has 6 N–H and O–H groups in total. The van der Waals surface area contributed by atoms with Crippen LogP contribution in [0.5, 0.6) is 0 Å². The zero-order chi connectivity index (χ0) is 17.6. The van der Waals surface area contributed by atoms with Gasteiger partial charge in [-0.05, 0) is 13.0 Å². The van der Waals surface area contributed by atoms with E-state index in [1.54, 1.807) is 0 Å². The molecule has 0 aliphatic rings. The summed E-state index contributed by atoms with van der Waals surface area (Å²) in [7, 11) is 0. The van der Waals surface area contributed by atoms with Crippen LogP contribution in [-0.2, 0) is 0 Å². The monoisotopic (exact) mass is 329 g/mol. The number of carbonyl (C=O) groups excluding carboxylic acids is 1. The minimum atomic E-state index is -0.833. The van der Waals surface area contributed by atoms with Gasteiger partial charge in [-0.3, -0.25) is 0 Å². The maximum Gasteiger partial charge on any atom is 0.309 e. The summed E-state index contributed by atoms with van der Waals surface area (Å²) in [5, 5.41) is 0. The predicted octanol–water partition coefficient (Wildman–Crippen LogP) is 5.23. The third kappa shape index (κ3) is 33.8. The first-order valence-corrected chi connectivity index (χ1v) is 9.90. The molecule has 4 heteroatoms. The average molecular weight is 330 g/mol. The molecule has 0 aromatic carbocycles. The summed E-state index contributed by atoms with van der Waals surface area (Å²) in [5.41, 5.74) is 14.0. The summed E-state index contributed by atoms with van der Waals surface area (Å²) in [6.07, 6.45) is 22.9. The molecule has 0 atom stereocenters. The summed E-state index contributed by atoms with van der Waals surface area (Å²) < 4.78 is 0. The molecule has 0 spiro atoms. The maximum atomic E-state index is 9.00. The lowest BCUT2D eigenvalue weighted by Gasteiger charge is -2.03. The number of nitrogens with two attached hydrogens (primary N) is 3. The molecule has 0 rings (SSSR count). The second-order valence-electron chi connectivity index (χ2n) is 6.49. The van der Waals surface area contributed by atoms with Gasteiger partial charge in [0.25, 0.3) is 0 Å². The SMILES string of the molecule is CCCCCCCCCCCCCCCCCCN.NC(N)=O. The van der Waals surface area contributed by atoms with Crippen LogP contribution in [0.25, 0.3) is 0 Å². The molecule has 0 heterocycles. The van der Waals surface area contributed by atoms with E-state index < -0.39 is 6.03 Å². The van der Waals surface area contributed by atoms with Gasteiger partial charge in [0, 0.05) is 0 Å². The van der Waals surface area contributed by atoms with Gasteiger partial charge >= 0.3 is 6.03 Å². The Hall–Kier alpha value is -0.770. The lowest BCUT2D eigenvalue weighted by Crippen LogP contribution is -2.18. The van der Waals surface area contributed by atoms with Crippen molar-refractivity contribution in [1.29, 1.82) is 0 Å². The van der Waals surface area contributed by atoms with Crippen molar-refractivity contribution in [3.63, 3.8) is 0 Å². The molecule has 140 valence electrons. The van der Waals surface area contributed by atoms with Crippen molar-refractivity contribution in [3.05, 3.63) is 0 Å². The largest absolute Gasteiger partial charge is 0.352 e. The second kappa shape index (κ2) is 23.5. The smallest absolute Gasteiger partial charge is 0.309 e. The van der Waals surface area contributed by atoms with Crippen LogP contribution in [0.1, 0.15) is 110 Å². The normalized spacial score (nSPS) is 10.2. The van der Waals surface area contributed by atoms with E-state index in [-0.39, 0.29) is 0 Å². The lowest BCUT2D eigenvalue weighted by atomic mass is 10.0. The van der Waals surface area contributed by atoms with E-state index in [2.05, 4.69) is 18.4 Å². The molecular weight excluding hydrogens is 286 g/mol. The predicted molar refractivity (Wildman–Crippen MR) is 102 cm³/mol. The molecule has 0 aromatic heterocycles. The highest BCUT2D eigenvalue weighted by molar-refractivity contribution is 5.69. The van der Waals surface area contributed by atoms with Crippen LogP contribution in [0.15, 0.2) is 0 Å². The van der Waals surface area contributed by atoms with Crippen LogP contribution >= 0.6 is 0 Å². The van der Waals surface area contributed by atoms with E-state index >= 15 is 0 Å². The van der Waals surface area contributed by atoms with Crippen LogP contribution in [0.2, 0.25) is 0 Å². The maximum absolute atomic E-state index is 9.00. The van der Waals surface area contributed by atoms with E-state index in [0.717, 1.165) is 6.54 Å². The summed E-state index contributed by atoms with van der Waals surface area (Å²) in [6, 6.07) is -0.833. The molecule has 0 aliphatic carbocycles. The Morgan fingerprint density at radius 1 is 0.565 bits per heavy atom. The van der Waals surface area contributed by atoms with Crippen molar-refractivity contribution in [3.8, 4) is 0 Å². The van der Waals surface area contributed by atoms with Crippen molar-refractivity contribution in [2.75, 3.05) is 6.54 Å². The second-order valence-corrected chi connectivity index (χ2v) is 6.49. The Morgan fingerprint density at radius 2 is 0.783 bits per heavy atom. The van der Waals surface area contributed by atoms with Crippen LogP contribution in [0.4, 0.5) is 4.79 Å². The number of urea groups is 1. The summed E-state index contributed by atoms with van der Waals surface area (Å²) in [6.45, 7) is 3.16. The van der Waals surface area contributed by atoms with Gasteiger partial charge in [0.05, 0.1) is 0 Å². The zero-order valence-electron chi connectivity index (χ0n) is 15.7. The number of hydrogen-bond acceptors (Lipinski definition) is 2. The molecular formula is C19H43N3O. The molecule has 0 unspecified atom stereocenters. The highest BCUT2D eigenvalue weighted by Crippen LogP contribution is 2.13. The molecule has 0 aromatic rings. The quantitative estimate of drug-likeness (QED) is 0.338. The topological polar surface area (TPSA) is 95.1 Å². The number of unbranched alkanes of at least 4 members (excludes halogenated alkanes) is 15. The van der Waals surface area contributed by atoms with Gasteiger partial charge in [-0.1, -0.05) is 103 Å². The number of primary amides is 2. The molecule has 23 heavy (non-hydrogen) atoms. The molecule has 0 aliphatic heterocycles. The highest BCUT2D eigenvalue weighted by atomic mass is 16.2. The van der Waals surface area contributed by atoms with Crippen molar-refractivity contribution < 1.29 is 4.79 Å². The third-order valence-corrected chi connectivity index (χ3v) is 4.06. The van der Waals surface area contributed by atoms with Crippen molar-refractivity contribution in [2.45, 2.75) is 110 Å². The van der Waals surface area contributed by atoms with Gasteiger partial charge in [-0.15, -0.1) is 0 Å². The third-order valence-electron chi connectivity index (χ3n) is 4.06. The number of hydrogen-bond donors (Lipinski definition) is 3. The van der Waals surface area contributed by atoms with E-state index in [1.165, 1.54) is 103 Å². The van der Waals surface area contributed by atoms with Crippen LogP contribution in [-0.4, -0.2) is 12.6 Å². The zero-order valence-corrected chi connectivity index (χ0v) is 15.7. The minimum absolute atomic E-state index is 0.833. The van der Waals surface area contributed by atoms with Gasteiger partial charge in [0.15, 0.2) is 0 Å². The molecule has 0 fully saturated rings. The molecule has 0 saturated carbocycles. The highest BCUT2D eigenvalue weighted by Gasteiger charge is 1.94. The first-order chi connectivity index (χ1) is 11.1. The number of carbonyl (C=O) groups is 1. The molecule has 0 saturated heterocycles. The van der Waals surface area contributed by atoms with E-state index in [9.17, 15) is 0 Å². The fraction of sp³-hybridized carbons (Fsp3) is 0.947. The molecule has 2 amide bonds. The van der Waals surface area contributed by atoms with Gasteiger partial charge in [-0.25, -0.2) is 4.79 Å². The van der Waals surface area contributed by atoms with Gasteiger partial charge in [-0.2, -0.15) is 0 Å². The van der Waals surface area contributed by atoms with Gasteiger partial charge in [0.2, 0.25) is 0 Å². The Balaban J connectivity index is 0. The fourth-order valence-corrected chi connectivity index (χ4v) is 2.69. The van der Waals surface area contributed by atoms with Crippen LogP contribution in [0.3, 0.4) is 0 Å². The van der Waals surface area contributed by atoms with E-state index in [0.29, 0.717) is 0 Å². The first kappa shape index (κ1) is 24.5. The van der Waals surface area contributed by atoms with E-state index in [1.807, 2.05) is 0 Å². The summed E-state index contributed by atoms with van der Waals surface area (Å²) in [5.74, 6) is 0. The fourth-order valence-electron chi connectivity index (χ4n) is 2.69. The summed E-state index contributed by atoms with van der Waals surface area (Å²) >= 11 is 0. The van der Waals surface area contributed by atoms with E-state index in [4.69, 9.17) is 10.5 Å². The van der Waals surface area contributed by atoms with Crippen molar-refractivity contribution >= 4 is 6.03 Å². The van der Waals surface area contributed by atoms with Gasteiger partial charge < -0.3 is 17.2 Å². The Bertz CT molecular complexity index is 203. The molecule has 0 radical (unpaired) electrons. The van der Waals surface area contributed by atoms with Crippen LogP contribution in [0, 0.1) is 0 Å². The summed E-state index contributed by atoms with van der Waals surface area (Å²) in [4.78, 5) is 9.00. The minimum Gasteiger partial charge on any atom is -0.352 e. The first-order valence-electron chi connectivity index (χ1n) is 9.90. The molecule has 4 nitrogen and oxygen atoms in total.